The molecule has 8 nitrogen and oxygen atoms in total. The van der Waals surface area contributed by atoms with E-state index in [0.29, 0.717) is 41.5 Å². The van der Waals surface area contributed by atoms with E-state index in [1.54, 1.807) is 42.5 Å². The Kier molecular flexibility index (Phi) is 13.5. The first-order valence-electron chi connectivity index (χ1n) is 16.9. The van der Waals surface area contributed by atoms with Gasteiger partial charge in [-0.15, -0.1) is 11.8 Å². The molecule has 0 bridgehead atoms. The maximum atomic E-state index is 13.8. The molecule has 0 fully saturated rings. The molecular formula is C42H41N3O5S. The zero-order chi connectivity index (χ0) is 35.8. The number of para-hydroxylation sites is 1. The van der Waals surface area contributed by atoms with E-state index >= 15 is 0 Å². The molecule has 1 unspecified atom stereocenters. The Hall–Kier alpha value is -5.80. The minimum Gasteiger partial charge on any atom is -0.494 e. The third kappa shape index (κ3) is 10.8. The van der Waals surface area contributed by atoms with Gasteiger partial charge in [-0.3, -0.25) is 14.4 Å². The molecule has 51 heavy (non-hydrogen) atoms. The van der Waals surface area contributed by atoms with Gasteiger partial charge in [0.2, 0.25) is 5.91 Å². The van der Waals surface area contributed by atoms with E-state index < -0.39 is 17.1 Å². The molecule has 5 aromatic carbocycles. The largest absolute Gasteiger partial charge is 0.494 e. The van der Waals surface area contributed by atoms with Gasteiger partial charge in [0, 0.05) is 27.4 Å². The fourth-order valence-corrected chi connectivity index (χ4v) is 6.13. The van der Waals surface area contributed by atoms with Crippen molar-refractivity contribution in [3.8, 4) is 11.5 Å². The van der Waals surface area contributed by atoms with Crippen molar-refractivity contribution < 1.29 is 23.9 Å². The van der Waals surface area contributed by atoms with Gasteiger partial charge in [0.15, 0.2) is 0 Å². The van der Waals surface area contributed by atoms with Crippen molar-refractivity contribution in [3.05, 3.63) is 156 Å². The minimum atomic E-state index is -0.590. The van der Waals surface area contributed by atoms with Crippen LogP contribution in [0.15, 0.2) is 144 Å². The van der Waals surface area contributed by atoms with Crippen LogP contribution in [0.3, 0.4) is 0 Å². The van der Waals surface area contributed by atoms with Crippen LogP contribution < -0.4 is 25.4 Å². The monoisotopic (exact) mass is 699 g/mol. The predicted octanol–water partition coefficient (Wildman–Crippen LogP) is 9.15. The minimum absolute atomic E-state index is 0.0392. The lowest BCUT2D eigenvalue weighted by atomic mass is 10.1. The number of benzene rings is 5. The molecule has 0 aliphatic heterocycles. The summed E-state index contributed by atoms with van der Waals surface area (Å²) in [6.07, 6.45) is 3.63. The van der Waals surface area contributed by atoms with Gasteiger partial charge in [0.05, 0.1) is 13.2 Å². The summed E-state index contributed by atoms with van der Waals surface area (Å²) in [6.45, 7) is 5.08. The van der Waals surface area contributed by atoms with E-state index in [0.717, 1.165) is 29.1 Å². The van der Waals surface area contributed by atoms with Gasteiger partial charge in [-0.1, -0.05) is 86.1 Å². The molecule has 0 aliphatic rings. The Morgan fingerprint density at radius 3 is 2.16 bits per heavy atom. The van der Waals surface area contributed by atoms with Crippen LogP contribution in [0, 0.1) is 0 Å². The van der Waals surface area contributed by atoms with Crippen LogP contribution in [0.4, 0.5) is 11.4 Å². The predicted molar refractivity (Wildman–Crippen MR) is 205 cm³/mol. The molecule has 0 radical (unpaired) electrons. The summed E-state index contributed by atoms with van der Waals surface area (Å²) in [5, 5.41) is 8.16. The Labute approximate surface area is 303 Å². The second kappa shape index (κ2) is 18.8. The molecule has 1 atom stereocenters. The summed E-state index contributed by atoms with van der Waals surface area (Å²) < 4.78 is 11.5. The van der Waals surface area contributed by atoms with Crippen LogP contribution in [0.5, 0.6) is 11.5 Å². The highest BCUT2D eigenvalue weighted by atomic mass is 32.2. The molecular weight excluding hydrogens is 659 g/mol. The first-order chi connectivity index (χ1) is 24.9. The van der Waals surface area contributed by atoms with Crippen LogP contribution in [0.2, 0.25) is 0 Å². The molecule has 260 valence electrons. The van der Waals surface area contributed by atoms with Gasteiger partial charge >= 0.3 is 0 Å². The average Bonchev–Trinajstić information content (AvgIpc) is 3.16. The Morgan fingerprint density at radius 2 is 1.43 bits per heavy atom. The van der Waals surface area contributed by atoms with Crippen molar-refractivity contribution in [2.45, 2.75) is 36.8 Å². The van der Waals surface area contributed by atoms with Gasteiger partial charge in [-0.25, -0.2) is 0 Å². The van der Waals surface area contributed by atoms with Gasteiger partial charge in [-0.05, 0) is 85.6 Å². The number of hydrogen-bond acceptors (Lipinski definition) is 6. The zero-order valence-electron chi connectivity index (χ0n) is 28.6. The molecule has 9 heteroatoms. The number of hydrogen-bond donors (Lipinski definition) is 3. The topological polar surface area (TPSA) is 106 Å². The fraction of sp³-hybridized carbons (Fsp3) is 0.167. The van der Waals surface area contributed by atoms with Crippen LogP contribution in [-0.2, 0) is 9.59 Å². The molecule has 0 aliphatic carbocycles. The summed E-state index contributed by atoms with van der Waals surface area (Å²) in [4.78, 5) is 41.5. The molecule has 0 saturated carbocycles. The zero-order valence-corrected chi connectivity index (χ0v) is 29.5. The first kappa shape index (κ1) is 36.5. The average molecular weight is 700 g/mol. The molecule has 0 spiro atoms. The van der Waals surface area contributed by atoms with E-state index in [2.05, 4.69) is 22.9 Å². The van der Waals surface area contributed by atoms with Crippen LogP contribution in [0.25, 0.3) is 6.08 Å². The summed E-state index contributed by atoms with van der Waals surface area (Å²) >= 11 is 1.36. The van der Waals surface area contributed by atoms with Gasteiger partial charge < -0.3 is 25.4 Å². The third-order valence-corrected chi connectivity index (χ3v) is 8.87. The SMILES string of the molecule is CCCCOc1ccc(NC(=O)C(Sc2cccc(NC(=O)/C(=C\c3ccccc3OCC)NC(=O)c3ccccc3)c2)c2ccccc2)cc1. The second-order valence-electron chi connectivity index (χ2n) is 11.5. The number of carbonyl (C=O) groups excluding carboxylic acids is 3. The lowest BCUT2D eigenvalue weighted by Gasteiger charge is -2.18. The normalized spacial score (nSPS) is 11.6. The number of nitrogens with one attached hydrogen (secondary N) is 3. The maximum Gasteiger partial charge on any atom is 0.272 e. The Balaban J connectivity index is 1.35. The molecule has 0 aromatic heterocycles. The number of amides is 3. The van der Waals surface area contributed by atoms with Gasteiger partial charge in [0.1, 0.15) is 22.4 Å². The Bertz CT molecular complexity index is 1930. The van der Waals surface area contributed by atoms with Crippen molar-refractivity contribution in [1.82, 2.24) is 5.32 Å². The molecule has 0 saturated heterocycles. The van der Waals surface area contributed by atoms with E-state index in [1.807, 2.05) is 104 Å². The lowest BCUT2D eigenvalue weighted by Crippen LogP contribution is -2.30. The number of rotatable bonds is 16. The summed E-state index contributed by atoms with van der Waals surface area (Å²) in [5.74, 6) is 0.199. The van der Waals surface area contributed by atoms with Gasteiger partial charge in [0.25, 0.3) is 11.8 Å². The standard InChI is InChI=1S/C42H41N3O5S/c1-3-5-27-50-35-25-23-33(24-26-35)43-42(48)39(30-15-8-6-9-16-30)51-36-21-14-20-34(29-36)44-41(47)37(45-40(46)31-17-10-7-11-18-31)28-32-19-12-13-22-38(32)49-4-2/h6-26,28-29,39H,3-5,27H2,1-2H3,(H,43,48)(H,44,47)(H,45,46)/b37-28+. The van der Waals surface area contributed by atoms with E-state index in [4.69, 9.17) is 9.47 Å². The van der Waals surface area contributed by atoms with Crippen LogP contribution >= 0.6 is 11.8 Å². The highest BCUT2D eigenvalue weighted by Gasteiger charge is 2.23. The quantitative estimate of drug-likeness (QED) is 0.0539. The number of unbranched alkanes of at least 4 members (excludes halogenated alkanes) is 1. The highest BCUT2D eigenvalue weighted by Crippen LogP contribution is 2.37. The maximum absolute atomic E-state index is 13.8. The third-order valence-electron chi connectivity index (χ3n) is 7.62. The first-order valence-corrected chi connectivity index (χ1v) is 17.8. The number of ether oxygens (including phenoxy) is 2. The van der Waals surface area contributed by atoms with E-state index in [-0.39, 0.29) is 11.6 Å². The van der Waals surface area contributed by atoms with Crippen LogP contribution in [-0.4, -0.2) is 30.9 Å². The molecule has 3 N–H and O–H groups in total. The summed E-state index contributed by atoms with van der Waals surface area (Å²) in [5.41, 5.74) is 3.07. The van der Waals surface area contributed by atoms with Crippen molar-refractivity contribution in [3.63, 3.8) is 0 Å². The number of thioether (sulfide) groups is 1. The van der Waals surface area contributed by atoms with Gasteiger partial charge in [-0.2, -0.15) is 0 Å². The van der Waals surface area contributed by atoms with Crippen LogP contribution in [0.1, 0.15) is 53.4 Å². The molecule has 5 aromatic rings. The van der Waals surface area contributed by atoms with Crippen molar-refractivity contribution in [2.75, 3.05) is 23.8 Å². The van der Waals surface area contributed by atoms with E-state index in [9.17, 15) is 14.4 Å². The molecule has 5 rings (SSSR count). The summed E-state index contributed by atoms with van der Waals surface area (Å²) in [6, 6.07) is 40.2. The van der Waals surface area contributed by atoms with Crippen molar-refractivity contribution in [1.29, 1.82) is 0 Å². The Morgan fingerprint density at radius 1 is 0.725 bits per heavy atom. The van der Waals surface area contributed by atoms with Crippen molar-refractivity contribution in [2.24, 2.45) is 0 Å². The number of anilines is 2. The smallest absolute Gasteiger partial charge is 0.272 e. The lowest BCUT2D eigenvalue weighted by molar-refractivity contribution is -0.116. The molecule has 3 amide bonds. The molecule has 0 heterocycles. The second-order valence-corrected chi connectivity index (χ2v) is 12.6. The van der Waals surface area contributed by atoms with E-state index in [1.165, 1.54) is 11.8 Å². The number of carbonyl (C=O) groups is 3. The highest BCUT2D eigenvalue weighted by molar-refractivity contribution is 8.00. The fourth-order valence-electron chi connectivity index (χ4n) is 5.04. The summed E-state index contributed by atoms with van der Waals surface area (Å²) in [7, 11) is 0. The van der Waals surface area contributed by atoms with Crippen molar-refractivity contribution >= 4 is 46.9 Å².